The van der Waals surface area contributed by atoms with E-state index in [2.05, 4.69) is 5.32 Å². The van der Waals surface area contributed by atoms with Gasteiger partial charge in [0.15, 0.2) is 0 Å². The van der Waals surface area contributed by atoms with Crippen LogP contribution in [0.3, 0.4) is 0 Å². The van der Waals surface area contributed by atoms with Crippen molar-refractivity contribution in [3.05, 3.63) is 65.7 Å². The zero-order valence-electron chi connectivity index (χ0n) is 21.4. The van der Waals surface area contributed by atoms with Crippen molar-refractivity contribution in [2.45, 2.75) is 38.0 Å². The molecule has 0 aliphatic carbocycles. The van der Waals surface area contributed by atoms with E-state index in [0.717, 1.165) is 11.1 Å². The smallest absolute Gasteiger partial charge is 0.408 e. The van der Waals surface area contributed by atoms with Crippen LogP contribution in [0.25, 0.3) is 0 Å². The highest BCUT2D eigenvalue weighted by atomic mass is 16.5. The molecule has 2 aromatic rings. The summed E-state index contributed by atoms with van der Waals surface area (Å²) < 4.78 is 10.5. The minimum absolute atomic E-state index is 0.0294. The summed E-state index contributed by atoms with van der Waals surface area (Å²) in [6.07, 6.45) is 0.132. The van der Waals surface area contributed by atoms with Gasteiger partial charge in [-0.3, -0.25) is 14.4 Å². The first kappa shape index (κ1) is 28.5. The van der Waals surface area contributed by atoms with Gasteiger partial charge in [0.2, 0.25) is 11.8 Å². The zero-order chi connectivity index (χ0) is 27.5. The molecule has 0 bridgehead atoms. The molecule has 11 heteroatoms. The van der Waals surface area contributed by atoms with Crippen molar-refractivity contribution < 1.29 is 33.8 Å². The fourth-order valence-corrected chi connectivity index (χ4v) is 4.32. The number of carbonyl (C=O) groups excluding carboxylic acids is 3. The lowest BCUT2D eigenvalue weighted by Crippen LogP contribution is -2.63. The maximum atomic E-state index is 13.8. The number of methoxy groups -OCH3 is 1. The van der Waals surface area contributed by atoms with Gasteiger partial charge in [0.25, 0.3) is 0 Å². The molecule has 1 unspecified atom stereocenters. The van der Waals surface area contributed by atoms with Crippen molar-refractivity contribution in [1.29, 1.82) is 0 Å². The Bertz CT molecular complexity index is 1090. The molecule has 1 fully saturated rings. The van der Waals surface area contributed by atoms with E-state index in [1.165, 1.54) is 9.80 Å². The topological polar surface area (TPSA) is 152 Å². The third-order valence-electron chi connectivity index (χ3n) is 6.28. The molecule has 1 saturated heterocycles. The van der Waals surface area contributed by atoms with E-state index in [9.17, 15) is 24.3 Å². The summed E-state index contributed by atoms with van der Waals surface area (Å²) in [7, 11) is 1.55. The average Bonchev–Trinajstić information content (AvgIpc) is 2.92. The maximum Gasteiger partial charge on any atom is 0.408 e. The zero-order valence-corrected chi connectivity index (χ0v) is 21.4. The summed E-state index contributed by atoms with van der Waals surface area (Å²) >= 11 is 0. The molecular formula is C27H34N4O7. The van der Waals surface area contributed by atoms with Crippen LogP contribution in [0.1, 0.15) is 24.0 Å². The number of ether oxygens (including phenoxy) is 2. The van der Waals surface area contributed by atoms with Gasteiger partial charge in [0.05, 0.1) is 7.11 Å². The number of nitrogens with two attached hydrogens (primary N) is 1. The number of nitrogens with one attached hydrogen (secondary N) is 1. The number of benzene rings is 2. The SMILES string of the molecule is COc1ccc(CC(NC(=O)OCc2ccccc2)C(=O)N2CCN(CC(=O)O)C(=O)[C@@H]2CCCN)cc1. The lowest BCUT2D eigenvalue weighted by molar-refractivity contribution is -0.156. The Morgan fingerprint density at radius 2 is 1.79 bits per heavy atom. The van der Waals surface area contributed by atoms with Crippen molar-refractivity contribution in [3.63, 3.8) is 0 Å². The van der Waals surface area contributed by atoms with Gasteiger partial charge in [-0.05, 0) is 42.6 Å². The fraction of sp³-hybridized carbons (Fsp3) is 0.407. The summed E-state index contributed by atoms with van der Waals surface area (Å²) in [4.78, 5) is 53.5. The molecule has 1 heterocycles. The standard InChI is InChI=1S/C27H34N4O7/c1-37-21-11-9-19(10-12-21)16-22(29-27(36)38-18-20-6-3-2-4-7-20)25(34)31-15-14-30(17-24(32)33)26(35)23(31)8-5-13-28/h2-4,6-7,9-12,22-23H,5,8,13-18,28H2,1H3,(H,29,36)(H,32,33)/t22?,23-/m0/s1. The lowest BCUT2D eigenvalue weighted by Gasteiger charge is -2.41. The minimum Gasteiger partial charge on any atom is -0.497 e. The monoisotopic (exact) mass is 526 g/mol. The summed E-state index contributed by atoms with van der Waals surface area (Å²) in [5.41, 5.74) is 7.21. The molecule has 3 amide bonds. The molecule has 2 atom stereocenters. The molecule has 204 valence electrons. The van der Waals surface area contributed by atoms with Crippen molar-refractivity contribution >= 4 is 23.9 Å². The number of carboxylic acid groups (broad SMARTS) is 1. The van der Waals surface area contributed by atoms with Gasteiger partial charge >= 0.3 is 12.1 Å². The van der Waals surface area contributed by atoms with Crippen LogP contribution in [0.15, 0.2) is 54.6 Å². The van der Waals surface area contributed by atoms with E-state index in [1.54, 1.807) is 31.4 Å². The number of carbonyl (C=O) groups is 4. The predicted molar refractivity (Wildman–Crippen MR) is 138 cm³/mol. The third kappa shape index (κ3) is 7.94. The number of aliphatic carboxylic acids is 1. The van der Waals surface area contributed by atoms with Gasteiger partial charge in [-0.25, -0.2) is 4.79 Å². The van der Waals surface area contributed by atoms with Crippen molar-refractivity contribution in [2.24, 2.45) is 5.73 Å². The number of nitrogens with zero attached hydrogens (tertiary/aromatic N) is 2. The van der Waals surface area contributed by atoms with Crippen molar-refractivity contribution in [3.8, 4) is 5.75 Å². The van der Waals surface area contributed by atoms with Crippen LogP contribution in [0, 0.1) is 0 Å². The minimum atomic E-state index is -1.13. The van der Waals surface area contributed by atoms with E-state index < -0.39 is 42.5 Å². The first-order valence-corrected chi connectivity index (χ1v) is 12.4. The second-order valence-corrected chi connectivity index (χ2v) is 8.94. The second kappa shape index (κ2) is 14.0. The normalized spacial score (nSPS) is 16.1. The molecular weight excluding hydrogens is 492 g/mol. The van der Waals surface area contributed by atoms with Crippen LogP contribution in [0.4, 0.5) is 4.79 Å². The fourth-order valence-electron chi connectivity index (χ4n) is 4.32. The predicted octanol–water partition coefficient (Wildman–Crippen LogP) is 1.40. The molecule has 0 aromatic heterocycles. The maximum absolute atomic E-state index is 13.8. The van der Waals surface area contributed by atoms with Crippen molar-refractivity contribution in [1.82, 2.24) is 15.1 Å². The number of amides is 3. The number of carboxylic acids is 1. The van der Waals surface area contributed by atoms with Gasteiger partial charge in [-0.15, -0.1) is 0 Å². The van der Waals surface area contributed by atoms with Crippen LogP contribution in [0.2, 0.25) is 0 Å². The second-order valence-electron chi connectivity index (χ2n) is 8.94. The Kier molecular flexibility index (Phi) is 10.5. The van der Waals surface area contributed by atoms with Crippen molar-refractivity contribution in [2.75, 3.05) is 33.3 Å². The number of alkyl carbamates (subject to hydrolysis) is 1. The highest BCUT2D eigenvalue weighted by Crippen LogP contribution is 2.20. The Hall–Kier alpha value is -4.12. The molecule has 1 aliphatic rings. The summed E-state index contributed by atoms with van der Waals surface area (Å²) in [6, 6.07) is 14.3. The largest absolute Gasteiger partial charge is 0.497 e. The van der Waals surface area contributed by atoms with Gasteiger partial charge in [0, 0.05) is 19.5 Å². The third-order valence-corrected chi connectivity index (χ3v) is 6.28. The molecule has 11 nitrogen and oxygen atoms in total. The van der Waals surface area contributed by atoms with E-state index in [-0.39, 0.29) is 32.5 Å². The van der Waals surface area contributed by atoms with Crippen LogP contribution in [0.5, 0.6) is 5.75 Å². The number of piperazine rings is 1. The molecule has 38 heavy (non-hydrogen) atoms. The first-order valence-electron chi connectivity index (χ1n) is 12.4. The van der Waals surface area contributed by atoms with E-state index in [4.69, 9.17) is 15.2 Å². The highest BCUT2D eigenvalue weighted by Gasteiger charge is 2.40. The molecule has 1 aliphatic heterocycles. The summed E-state index contributed by atoms with van der Waals surface area (Å²) in [5, 5.41) is 11.8. The van der Waals surface area contributed by atoms with Crippen LogP contribution in [-0.2, 0) is 32.1 Å². The first-order chi connectivity index (χ1) is 18.3. The molecule has 4 N–H and O–H groups in total. The molecule has 0 radical (unpaired) electrons. The Morgan fingerprint density at radius 3 is 2.42 bits per heavy atom. The van der Waals surface area contributed by atoms with E-state index in [0.29, 0.717) is 18.7 Å². The molecule has 3 rings (SSSR count). The Balaban J connectivity index is 1.80. The summed E-state index contributed by atoms with van der Waals surface area (Å²) in [6.45, 7) is 0.0989. The van der Waals surface area contributed by atoms with E-state index >= 15 is 0 Å². The lowest BCUT2D eigenvalue weighted by atomic mass is 10.00. The highest BCUT2D eigenvalue weighted by molar-refractivity contribution is 5.93. The Labute approximate surface area is 221 Å². The Morgan fingerprint density at radius 1 is 1.08 bits per heavy atom. The van der Waals surface area contributed by atoms with Gasteiger partial charge in [-0.2, -0.15) is 0 Å². The number of hydrogen-bond donors (Lipinski definition) is 3. The van der Waals surface area contributed by atoms with Crippen LogP contribution < -0.4 is 15.8 Å². The van der Waals surface area contributed by atoms with Gasteiger partial charge < -0.3 is 35.4 Å². The molecule has 2 aromatic carbocycles. The number of hydrogen-bond acceptors (Lipinski definition) is 7. The van der Waals surface area contributed by atoms with Gasteiger partial charge in [0.1, 0.15) is 31.0 Å². The van der Waals surface area contributed by atoms with E-state index in [1.807, 2.05) is 30.3 Å². The van der Waals surface area contributed by atoms with Crippen LogP contribution in [-0.4, -0.2) is 84.2 Å². The molecule has 0 saturated carbocycles. The van der Waals surface area contributed by atoms with Gasteiger partial charge in [-0.1, -0.05) is 42.5 Å². The average molecular weight is 527 g/mol. The van der Waals surface area contributed by atoms with Crippen LogP contribution >= 0.6 is 0 Å². The number of rotatable bonds is 12. The quantitative estimate of drug-likeness (QED) is 0.375. The summed E-state index contributed by atoms with van der Waals surface area (Å²) in [5.74, 6) is -1.39. The molecule has 0 spiro atoms.